The number of anilines is 2. The molecule has 1 N–H and O–H groups in total. The standard InChI is InChI=1S/C23H31F3N6O4S2/c1-6-14(5)36-21(33)20-28-30-22(37-20)29-27-17-11-15-10-9-13(4)32(16(7-2)8-3)19(15)12-18(17)31-38(34,35)23(24,25)26/h11-14,16,31H,6-10H2,1-5H3. The monoisotopic (exact) mass is 576 g/mol. The number of carbonyl (C=O) groups is 1. The average molecular weight is 577 g/mol. The van der Waals surface area contributed by atoms with Crippen molar-refractivity contribution in [2.45, 2.75) is 90.4 Å². The van der Waals surface area contributed by atoms with Gasteiger partial charge in [-0.1, -0.05) is 32.1 Å². The number of ether oxygens (including phenoxy) is 1. The molecule has 2 unspecified atom stereocenters. The molecule has 1 aromatic carbocycles. The summed E-state index contributed by atoms with van der Waals surface area (Å²) in [5, 5.41) is 15.3. The van der Waals surface area contributed by atoms with Gasteiger partial charge in [0.25, 0.3) is 5.13 Å². The Hall–Kier alpha value is -2.81. The Morgan fingerprint density at radius 2 is 1.89 bits per heavy atom. The van der Waals surface area contributed by atoms with Crippen molar-refractivity contribution in [3.8, 4) is 0 Å². The number of sulfonamides is 1. The second-order valence-corrected chi connectivity index (χ2v) is 11.7. The van der Waals surface area contributed by atoms with Crippen molar-refractivity contribution in [1.29, 1.82) is 0 Å². The summed E-state index contributed by atoms with van der Waals surface area (Å²) in [6, 6.07) is 3.16. The molecule has 0 bridgehead atoms. The van der Waals surface area contributed by atoms with Crippen LogP contribution in [-0.4, -0.2) is 48.3 Å². The van der Waals surface area contributed by atoms with Crippen molar-refractivity contribution in [2.75, 3.05) is 9.62 Å². The number of fused-ring (bicyclic) bond motifs is 1. The maximum Gasteiger partial charge on any atom is 0.516 e. The number of hydrogen-bond donors (Lipinski definition) is 1. The highest BCUT2D eigenvalue weighted by molar-refractivity contribution is 7.93. The summed E-state index contributed by atoms with van der Waals surface area (Å²) in [7, 11) is -5.72. The number of azo groups is 1. The predicted molar refractivity (Wildman–Crippen MR) is 139 cm³/mol. The van der Waals surface area contributed by atoms with Crippen LogP contribution in [-0.2, 0) is 21.2 Å². The molecule has 210 valence electrons. The quantitative estimate of drug-likeness (QED) is 0.253. The number of nitrogens with one attached hydrogen (secondary N) is 1. The van der Waals surface area contributed by atoms with Crippen molar-refractivity contribution in [3.05, 3.63) is 22.7 Å². The van der Waals surface area contributed by atoms with E-state index in [0.717, 1.165) is 36.2 Å². The van der Waals surface area contributed by atoms with Crippen LogP contribution in [0.25, 0.3) is 0 Å². The van der Waals surface area contributed by atoms with Crippen molar-refractivity contribution in [2.24, 2.45) is 10.2 Å². The van der Waals surface area contributed by atoms with Crippen LogP contribution in [0, 0.1) is 0 Å². The highest BCUT2D eigenvalue weighted by Gasteiger charge is 2.46. The fraction of sp³-hybridized carbons (Fsp3) is 0.609. The first-order chi connectivity index (χ1) is 17.8. The Balaban J connectivity index is 2.04. The molecule has 1 aromatic heterocycles. The number of rotatable bonds is 10. The summed E-state index contributed by atoms with van der Waals surface area (Å²) in [6.45, 7) is 9.67. The van der Waals surface area contributed by atoms with Gasteiger partial charge in [0.1, 0.15) is 5.69 Å². The summed E-state index contributed by atoms with van der Waals surface area (Å²) in [6.07, 6.45) is 3.35. The van der Waals surface area contributed by atoms with Crippen LogP contribution < -0.4 is 9.62 Å². The topological polar surface area (TPSA) is 126 Å². The SMILES string of the molecule is CCC(C)OC(=O)c1nnc(N=Nc2cc3c(cc2NS(=O)(=O)C(F)(F)F)N(C(CC)CC)C(C)CC3)s1. The smallest absolute Gasteiger partial charge is 0.457 e. The lowest BCUT2D eigenvalue weighted by molar-refractivity contribution is -0.0429. The predicted octanol–water partition coefficient (Wildman–Crippen LogP) is 6.50. The fourth-order valence-corrected chi connectivity index (χ4v) is 5.28. The molecule has 2 heterocycles. The van der Waals surface area contributed by atoms with Gasteiger partial charge in [-0.2, -0.15) is 21.6 Å². The molecule has 0 spiro atoms. The van der Waals surface area contributed by atoms with Gasteiger partial charge in [0.15, 0.2) is 0 Å². The van der Waals surface area contributed by atoms with Crippen LogP contribution in [0.3, 0.4) is 0 Å². The normalized spacial score (nSPS) is 17.1. The minimum atomic E-state index is -5.72. The minimum absolute atomic E-state index is 0.0456. The Morgan fingerprint density at radius 1 is 1.21 bits per heavy atom. The van der Waals surface area contributed by atoms with Gasteiger partial charge >= 0.3 is 21.5 Å². The molecule has 10 nitrogen and oxygen atoms in total. The van der Waals surface area contributed by atoms with E-state index in [1.807, 2.05) is 27.7 Å². The maximum absolute atomic E-state index is 13.2. The van der Waals surface area contributed by atoms with Gasteiger partial charge in [-0.3, -0.25) is 4.72 Å². The molecular formula is C23H31F3N6O4S2. The lowest BCUT2D eigenvalue weighted by Crippen LogP contribution is -2.44. The third-order valence-electron chi connectivity index (χ3n) is 6.38. The summed E-state index contributed by atoms with van der Waals surface area (Å²) in [5.41, 5.74) is -4.54. The minimum Gasteiger partial charge on any atom is -0.457 e. The maximum atomic E-state index is 13.2. The first-order valence-electron chi connectivity index (χ1n) is 12.3. The Kier molecular flexibility index (Phi) is 9.34. The van der Waals surface area contributed by atoms with Gasteiger partial charge in [0, 0.05) is 17.8 Å². The van der Waals surface area contributed by atoms with Crippen molar-refractivity contribution >= 4 is 49.5 Å². The zero-order chi connectivity index (χ0) is 28.3. The molecule has 3 rings (SSSR count). The molecule has 38 heavy (non-hydrogen) atoms. The van der Waals surface area contributed by atoms with E-state index < -0.39 is 21.5 Å². The van der Waals surface area contributed by atoms with E-state index in [-0.39, 0.29) is 39.7 Å². The molecule has 0 radical (unpaired) electrons. The average Bonchev–Trinajstić information content (AvgIpc) is 3.33. The summed E-state index contributed by atoms with van der Waals surface area (Å²) in [5.74, 6) is -0.679. The molecule has 1 aliphatic rings. The van der Waals surface area contributed by atoms with Gasteiger partial charge in [0.05, 0.1) is 11.8 Å². The molecule has 0 fully saturated rings. The molecule has 0 saturated heterocycles. The summed E-state index contributed by atoms with van der Waals surface area (Å²) in [4.78, 5) is 14.3. The zero-order valence-electron chi connectivity index (χ0n) is 21.7. The Labute approximate surface area is 223 Å². The van der Waals surface area contributed by atoms with Gasteiger partial charge in [-0.05, 0) is 63.6 Å². The number of aryl methyl sites for hydroxylation is 1. The lowest BCUT2D eigenvalue weighted by Gasteiger charge is -2.42. The number of carbonyl (C=O) groups excluding carboxylic acids is 1. The van der Waals surface area contributed by atoms with Gasteiger partial charge < -0.3 is 9.64 Å². The van der Waals surface area contributed by atoms with Gasteiger partial charge in [0.2, 0.25) is 5.01 Å². The molecule has 0 amide bonds. The molecule has 0 aliphatic carbocycles. The number of aromatic nitrogens is 2. The van der Waals surface area contributed by atoms with Crippen LogP contribution in [0.5, 0.6) is 0 Å². The van der Waals surface area contributed by atoms with Crippen molar-refractivity contribution in [3.63, 3.8) is 0 Å². The summed E-state index contributed by atoms with van der Waals surface area (Å²) >= 11 is 0.791. The van der Waals surface area contributed by atoms with Crippen LogP contribution in [0.4, 0.5) is 35.4 Å². The van der Waals surface area contributed by atoms with E-state index in [9.17, 15) is 26.4 Å². The van der Waals surface area contributed by atoms with Crippen LogP contribution >= 0.6 is 11.3 Å². The first-order valence-corrected chi connectivity index (χ1v) is 14.6. The largest absolute Gasteiger partial charge is 0.516 e. The van der Waals surface area contributed by atoms with E-state index in [2.05, 4.69) is 25.3 Å². The van der Waals surface area contributed by atoms with Crippen LogP contribution in [0.2, 0.25) is 0 Å². The van der Waals surface area contributed by atoms with E-state index in [1.165, 1.54) is 12.1 Å². The number of alkyl halides is 3. The highest BCUT2D eigenvalue weighted by Crippen LogP contribution is 2.42. The fourth-order valence-electron chi connectivity index (χ4n) is 4.16. The molecule has 1 aliphatic heterocycles. The second kappa shape index (κ2) is 11.9. The molecule has 2 atom stereocenters. The lowest BCUT2D eigenvalue weighted by atomic mass is 9.92. The Bertz CT molecular complexity index is 1280. The Morgan fingerprint density at radius 3 is 2.50 bits per heavy atom. The molecular weight excluding hydrogens is 545 g/mol. The number of hydrogen-bond acceptors (Lipinski definition) is 10. The molecule has 15 heteroatoms. The first kappa shape index (κ1) is 29.7. The van der Waals surface area contributed by atoms with Crippen molar-refractivity contribution in [1.82, 2.24) is 10.2 Å². The highest BCUT2D eigenvalue weighted by atomic mass is 32.2. The number of esters is 1. The van der Waals surface area contributed by atoms with E-state index in [1.54, 1.807) is 11.6 Å². The van der Waals surface area contributed by atoms with Crippen LogP contribution in [0.1, 0.15) is 75.7 Å². The second-order valence-electron chi connectivity index (χ2n) is 9.03. The zero-order valence-corrected chi connectivity index (χ0v) is 23.4. The van der Waals surface area contributed by atoms with Crippen LogP contribution in [0.15, 0.2) is 22.4 Å². The van der Waals surface area contributed by atoms with Gasteiger partial charge in [-0.25, -0.2) is 4.79 Å². The number of benzene rings is 1. The number of nitrogens with zero attached hydrogens (tertiary/aromatic N) is 5. The number of halogens is 3. The van der Waals surface area contributed by atoms with E-state index >= 15 is 0 Å². The van der Waals surface area contributed by atoms with E-state index in [4.69, 9.17) is 4.74 Å². The third-order valence-corrected chi connectivity index (χ3v) is 8.27. The van der Waals surface area contributed by atoms with Gasteiger partial charge in [-0.15, -0.1) is 20.4 Å². The molecule has 2 aromatic rings. The summed E-state index contributed by atoms with van der Waals surface area (Å²) < 4.78 is 70.5. The van der Waals surface area contributed by atoms with Crippen molar-refractivity contribution < 1.29 is 31.1 Å². The van der Waals surface area contributed by atoms with E-state index in [0.29, 0.717) is 18.5 Å². The third kappa shape index (κ3) is 6.60. The molecule has 0 saturated carbocycles.